The van der Waals surface area contributed by atoms with Gasteiger partial charge in [-0.05, 0) is 93.4 Å². The van der Waals surface area contributed by atoms with Crippen molar-refractivity contribution in [3.05, 3.63) is 46.6 Å². The number of nitrogens with zero attached hydrogens (tertiary/aromatic N) is 2. The molecule has 5 rings (SSSR count). The summed E-state index contributed by atoms with van der Waals surface area (Å²) in [7, 11) is 1.72. The van der Waals surface area contributed by atoms with E-state index in [1.54, 1.807) is 18.3 Å². The van der Waals surface area contributed by atoms with Gasteiger partial charge in [0.2, 0.25) is 0 Å². The Labute approximate surface area is 189 Å². The Balaban J connectivity index is 1.13. The number of fused-ring (bicyclic) bond motifs is 3. The van der Waals surface area contributed by atoms with E-state index in [0.717, 1.165) is 17.5 Å². The highest BCUT2D eigenvalue weighted by molar-refractivity contribution is 7.19. The molecule has 0 saturated heterocycles. The smallest absolute Gasteiger partial charge is 0.138 e. The zero-order valence-corrected chi connectivity index (χ0v) is 19.3. The third-order valence-electron chi connectivity index (χ3n) is 7.18. The highest BCUT2D eigenvalue weighted by Crippen LogP contribution is 2.39. The van der Waals surface area contributed by atoms with Gasteiger partial charge in [-0.3, -0.25) is 0 Å². The summed E-state index contributed by atoms with van der Waals surface area (Å²) >= 11 is 1.89. The second kappa shape index (κ2) is 9.56. The number of anilines is 1. The number of thiophene rings is 1. The monoisotopic (exact) mass is 435 g/mol. The molecule has 0 aliphatic heterocycles. The van der Waals surface area contributed by atoms with Crippen LogP contribution in [-0.2, 0) is 19.3 Å². The second-order valence-corrected chi connectivity index (χ2v) is 10.3. The molecular weight excluding hydrogens is 402 g/mol. The topological polar surface area (TPSA) is 47.0 Å². The molecule has 31 heavy (non-hydrogen) atoms. The first kappa shape index (κ1) is 20.7. The van der Waals surface area contributed by atoms with Crippen LogP contribution >= 0.6 is 11.3 Å². The lowest BCUT2D eigenvalue weighted by Crippen LogP contribution is -2.26. The molecule has 1 fully saturated rings. The lowest BCUT2D eigenvalue weighted by Gasteiger charge is -2.29. The van der Waals surface area contributed by atoms with E-state index in [2.05, 4.69) is 39.6 Å². The number of rotatable bonds is 7. The number of ether oxygens (including phenoxy) is 1. The molecule has 1 saturated carbocycles. The molecule has 0 atom stereocenters. The standard InChI is InChI=1S/C26H33N3OS/c1-30-21-15-11-19(12-16-21)6-4-5-18-9-13-20(14-10-18)29-25-24-22-7-2-3-8-23(22)31-26(24)28-17-27-25/h11-12,15-18,20H,2-10,13-14H2,1H3,(H,27,28,29). The molecular formula is C26H33N3OS. The zero-order valence-electron chi connectivity index (χ0n) is 18.5. The van der Waals surface area contributed by atoms with Gasteiger partial charge in [-0.15, -0.1) is 11.3 Å². The highest BCUT2D eigenvalue weighted by atomic mass is 32.1. The van der Waals surface area contributed by atoms with Crippen molar-refractivity contribution < 1.29 is 4.74 Å². The molecule has 0 spiro atoms. The van der Waals surface area contributed by atoms with Gasteiger partial charge in [0.15, 0.2) is 0 Å². The van der Waals surface area contributed by atoms with Gasteiger partial charge in [-0.25, -0.2) is 9.97 Å². The maximum Gasteiger partial charge on any atom is 0.138 e. The summed E-state index contributed by atoms with van der Waals surface area (Å²) in [4.78, 5) is 12.0. The number of aromatic nitrogens is 2. The van der Waals surface area contributed by atoms with Gasteiger partial charge in [0.05, 0.1) is 12.5 Å². The van der Waals surface area contributed by atoms with Crippen LogP contribution in [0.5, 0.6) is 5.75 Å². The van der Waals surface area contributed by atoms with Crippen molar-refractivity contribution in [3.8, 4) is 5.75 Å². The molecule has 0 bridgehead atoms. The number of aryl methyl sites for hydroxylation is 3. The maximum atomic E-state index is 5.25. The summed E-state index contributed by atoms with van der Waals surface area (Å²) < 4.78 is 5.25. The van der Waals surface area contributed by atoms with Crippen LogP contribution in [0.25, 0.3) is 10.2 Å². The van der Waals surface area contributed by atoms with Gasteiger partial charge in [-0.2, -0.15) is 0 Å². The maximum absolute atomic E-state index is 5.25. The fourth-order valence-electron chi connectivity index (χ4n) is 5.38. The van der Waals surface area contributed by atoms with Crippen LogP contribution in [0.2, 0.25) is 0 Å². The predicted octanol–water partition coefficient (Wildman–Crippen LogP) is 6.57. The molecule has 1 aromatic carbocycles. The van der Waals surface area contributed by atoms with E-state index in [9.17, 15) is 0 Å². The SMILES string of the molecule is COc1ccc(CCCC2CCC(Nc3ncnc4sc5c(c34)CCCC5)CC2)cc1. The van der Waals surface area contributed by atoms with Gasteiger partial charge >= 0.3 is 0 Å². The van der Waals surface area contributed by atoms with Crippen LogP contribution < -0.4 is 10.1 Å². The van der Waals surface area contributed by atoms with Gasteiger partial charge in [-0.1, -0.05) is 18.6 Å². The Morgan fingerprint density at radius 3 is 2.65 bits per heavy atom. The van der Waals surface area contributed by atoms with Crippen LogP contribution in [0.15, 0.2) is 30.6 Å². The minimum atomic E-state index is 0.551. The van der Waals surface area contributed by atoms with Crippen LogP contribution in [0, 0.1) is 5.92 Å². The predicted molar refractivity (Wildman–Crippen MR) is 129 cm³/mol. The molecule has 0 amide bonds. The molecule has 3 aromatic rings. The van der Waals surface area contributed by atoms with E-state index in [1.807, 2.05) is 11.3 Å². The van der Waals surface area contributed by atoms with Crippen molar-refractivity contribution in [2.24, 2.45) is 5.92 Å². The lowest BCUT2D eigenvalue weighted by molar-refractivity contribution is 0.315. The van der Waals surface area contributed by atoms with Crippen molar-refractivity contribution >= 4 is 27.4 Å². The van der Waals surface area contributed by atoms with Gasteiger partial charge in [0, 0.05) is 10.9 Å². The zero-order chi connectivity index (χ0) is 21.0. The average molecular weight is 436 g/mol. The minimum absolute atomic E-state index is 0.551. The third-order valence-corrected chi connectivity index (χ3v) is 8.38. The Morgan fingerprint density at radius 1 is 1.03 bits per heavy atom. The Hall–Kier alpha value is -2.14. The summed E-state index contributed by atoms with van der Waals surface area (Å²) in [5.74, 6) is 2.90. The fraction of sp³-hybridized carbons (Fsp3) is 0.538. The number of benzene rings is 1. The Kier molecular flexibility index (Phi) is 6.40. The molecule has 0 unspecified atom stereocenters. The van der Waals surface area contributed by atoms with E-state index in [0.29, 0.717) is 6.04 Å². The third kappa shape index (κ3) is 4.72. The van der Waals surface area contributed by atoms with Crippen molar-refractivity contribution in [2.45, 2.75) is 76.7 Å². The Bertz CT molecular complexity index is 1010. The van der Waals surface area contributed by atoms with E-state index >= 15 is 0 Å². The molecule has 0 radical (unpaired) electrons. The van der Waals surface area contributed by atoms with Gasteiger partial charge < -0.3 is 10.1 Å². The van der Waals surface area contributed by atoms with Crippen molar-refractivity contribution in [1.82, 2.24) is 9.97 Å². The van der Waals surface area contributed by atoms with Crippen molar-refractivity contribution in [2.75, 3.05) is 12.4 Å². The van der Waals surface area contributed by atoms with Crippen LogP contribution in [-0.4, -0.2) is 23.1 Å². The molecule has 4 nitrogen and oxygen atoms in total. The largest absolute Gasteiger partial charge is 0.497 e. The second-order valence-electron chi connectivity index (χ2n) is 9.22. The first-order chi connectivity index (χ1) is 15.3. The van der Waals surface area contributed by atoms with Crippen LogP contribution in [0.3, 0.4) is 0 Å². The van der Waals surface area contributed by atoms with Crippen LogP contribution in [0.4, 0.5) is 5.82 Å². The average Bonchev–Trinajstić information content (AvgIpc) is 3.20. The fourth-order valence-corrected chi connectivity index (χ4v) is 6.60. The molecule has 2 aromatic heterocycles. The Morgan fingerprint density at radius 2 is 1.84 bits per heavy atom. The first-order valence-electron chi connectivity index (χ1n) is 11.9. The summed E-state index contributed by atoms with van der Waals surface area (Å²) in [5, 5.41) is 5.14. The van der Waals surface area contributed by atoms with Crippen molar-refractivity contribution in [1.29, 1.82) is 0 Å². The van der Waals surface area contributed by atoms with E-state index < -0.39 is 0 Å². The highest BCUT2D eigenvalue weighted by Gasteiger charge is 2.24. The molecule has 2 aliphatic carbocycles. The number of nitrogens with one attached hydrogen (secondary N) is 1. The quantitative estimate of drug-likeness (QED) is 0.456. The molecule has 164 valence electrons. The number of methoxy groups -OCH3 is 1. The van der Waals surface area contributed by atoms with E-state index in [4.69, 9.17) is 4.74 Å². The molecule has 1 N–H and O–H groups in total. The summed E-state index contributed by atoms with van der Waals surface area (Å²) in [5.41, 5.74) is 2.95. The van der Waals surface area contributed by atoms with Gasteiger partial charge in [0.1, 0.15) is 22.7 Å². The molecule has 2 aliphatic rings. The van der Waals surface area contributed by atoms with Gasteiger partial charge in [0.25, 0.3) is 0 Å². The summed E-state index contributed by atoms with van der Waals surface area (Å²) in [6.07, 6.45) is 15.7. The lowest BCUT2D eigenvalue weighted by atomic mass is 9.83. The van der Waals surface area contributed by atoms with Crippen LogP contribution in [0.1, 0.15) is 67.4 Å². The summed E-state index contributed by atoms with van der Waals surface area (Å²) in [6.45, 7) is 0. The molecule has 2 heterocycles. The minimum Gasteiger partial charge on any atom is -0.497 e. The van der Waals surface area contributed by atoms with E-state index in [-0.39, 0.29) is 0 Å². The number of hydrogen-bond acceptors (Lipinski definition) is 5. The first-order valence-corrected chi connectivity index (χ1v) is 12.8. The molecule has 5 heteroatoms. The summed E-state index contributed by atoms with van der Waals surface area (Å²) in [6, 6.07) is 9.09. The van der Waals surface area contributed by atoms with Crippen molar-refractivity contribution in [3.63, 3.8) is 0 Å². The number of hydrogen-bond donors (Lipinski definition) is 1. The van der Waals surface area contributed by atoms with E-state index in [1.165, 1.54) is 92.0 Å². The normalized spacial score (nSPS) is 21.1.